The topological polar surface area (TPSA) is 30.5 Å². The van der Waals surface area contributed by atoms with Crippen LogP contribution in [0.2, 0.25) is 0 Å². The van der Waals surface area contributed by atoms with Gasteiger partial charge in [0.15, 0.2) is 11.5 Å². The minimum Gasteiger partial charge on any atom is -0.486 e. The van der Waals surface area contributed by atoms with Gasteiger partial charge in [-0.15, -0.1) is 0 Å². The lowest BCUT2D eigenvalue weighted by Gasteiger charge is -2.23. The van der Waals surface area contributed by atoms with E-state index >= 15 is 0 Å². The molecule has 1 N–H and O–H groups in total. The Morgan fingerprint density at radius 1 is 1.20 bits per heavy atom. The van der Waals surface area contributed by atoms with Gasteiger partial charge in [0, 0.05) is 6.04 Å². The normalized spacial score (nSPS) is 22.6. The van der Waals surface area contributed by atoms with Crippen molar-refractivity contribution in [3.63, 3.8) is 0 Å². The van der Waals surface area contributed by atoms with Crippen molar-refractivity contribution in [2.75, 3.05) is 19.8 Å². The summed E-state index contributed by atoms with van der Waals surface area (Å²) in [6.45, 7) is 4.59. The van der Waals surface area contributed by atoms with E-state index in [1.165, 1.54) is 24.8 Å². The van der Waals surface area contributed by atoms with Crippen LogP contribution in [0.4, 0.5) is 0 Å². The highest BCUT2D eigenvalue weighted by atomic mass is 16.6. The molecule has 1 aromatic carbocycles. The van der Waals surface area contributed by atoms with Crippen LogP contribution in [0.15, 0.2) is 30.4 Å². The number of rotatable bonds is 4. The molecule has 108 valence electrons. The third kappa shape index (κ3) is 3.15. The lowest BCUT2D eigenvalue weighted by molar-refractivity contribution is 0.171. The van der Waals surface area contributed by atoms with E-state index in [4.69, 9.17) is 9.47 Å². The van der Waals surface area contributed by atoms with Gasteiger partial charge in [0.1, 0.15) is 13.2 Å². The zero-order valence-electron chi connectivity index (χ0n) is 12.1. The predicted octanol–water partition coefficient (Wildman–Crippen LogP) is 3.46. The van der Waals surface area contributed by atoms with Crippen molar-refractivity contribution in [1.82, 2.24) is 5.32 Å². The van der Waals surface area contributed by atoms with Gasteiger partial charge < -0.3 is 14.8 Å². The minimum absolute atomic E-state index is 0.344. The first kappa shape index (κ1) is 13.5. The van der Waals surface area contributed by atoms with Gasteiger partial charge in [-0.05, 0) is 56.3 Å². The molecule has 1 heterocycles. The summed E-state index contributed by atoms with van der Waals surface area (Å²) in [5.41, 5.74) is 1.26. The molecule has 0 aromatic heterocycles. The summed E-state index contributed by atoms with van der Waals surface area (Å²) in [5, 5.41) is 3.65. The van der Waals surface area contributed by atoms with E-state index in [1.807, 2.05) is 6.07 Å². The van der Waals surface area contributed by atoms with Crippen LogP contribution in [0, 0.1) is 5.92 Å². The molecule has 3 rings (SSSR count). The molecule has 0 spiro atoms. The van der Waals surface area contributed by atoms with Crippen LogP contribution in [0.1, 0.15) is 37.8 Å². The molecule has 0 fully saturated rings. The second-order valence-electron chi connectivity index (χ2n) is 5.68. The average Bonchev–Trinajstić information content (AvgIpc) is 2.53. The van der Waals surface area contributed by atoms with Gasteiger partial charge in [0.25, 0.3) is 0 Å². The second-order valence-corrected chi connectivity index (χ2v) is 5.68. The van der Waals surface area contributed by atoms with Crippen LogP contribution >= 0.6 is 0 Å². The fraction of sp³-hybridized carbons (Fsp3) is 0.529. The van der Waals surface area contributed by atoms with Crippen LogP contribution in [0.25, 0.3) is 0 Å². The Bertz CT molecular complexity index is 484. The second kappa shape index (κ2) is 6.31. The molecule has 2 aliphatic rings. The average molecular weight is 273 g/mol. The summed E-state index contributed by atoms with van der Waals surface area (Å²) < 4.78 is 11.2. The summed E-state index contributed by atoms with van der Waals surface area (Å²) >= 11 is 0. The van der Waals surface area contributed by atoms with Crippen LogP contribution in [-0.4, -0.2) is 19.8 Å². The highest BCUT2D eigenvalue weighted by molar-refractivity contribution is 5.44. The fourth-order valence-electron chi connectivity index (χ4n) is 2.83. The summed E-state index contributed by atoms with van der Waals surface area (Å²) in [6, 6.07) is 6.60. The number of allylic oxidation sites excluding steroid dienone is 2. The molecule has 0 bridgehead atoms. The van der Waals surface area contributed by atoms with Gasteiger partial charge in [0.05, 0.1) is 0 Å². The van der Waals surface area contributed by atoms with E-state index in [1.54, 1.807) is 0 Å². The van der Waals surface area contributed by atoms with Gasteiger partial charge >= 0.3 is 0 Å². The van der Waals surface area contributed by atoms with Crippen LogP contribution < -0.4 is 14.8 Å². The Hall–Kier alpha value is -1.48. The van der Waals surface area contributed by atoms with E-state index in [0.717, 1.165) is 24.0 Å². The van der Waals surface area contributed by atoms with E-state index in [9.17, 15) is 0 Å². The number of hydrogen-bond donors (Lipinski definition) is 1. The maximum atomic E-state index is 5.65. The van der Waals surface area contributed by atoms with Gasteiger partial charge in [-0.2, -0.15) is 0 Å². The molecule has 3 heteroatoms. The number of hydrogen-bond acceptors (Lipinski definition) is 3. The SMILES string of the molecule is CC(NCC1CC=CCC1)c1ccc2c(c1)OCCO2. The van der Waals surface area contributed by atoms with Crippen LogP contribution in [-0.2, 0) is 0 Å². The first-order chi connectivity index (χ1) is 9.83. The molecule has 0 radical (unpaired) electrons. The van der Waals surface area contributed by atoms with E-state index < -0.39 is 0 Å². The standard InChI is InChI=1S/C17H23NO2/c1-13(18-12-14-5-3-2-4-6-14)15-7-8-16-17(11-15)20-10-9-19-16/h2-3,7-8,11,13-14,18H,4-6,9-10,12H2,1H3. The maximum absolute atomic E-state index is 5.65. The molecule has 20 heavy (non-hydrogen) atoms. The van der Waals surface area contributed by atoms with E-state index in [0.29, 0.717) is 19.3 Å². The van der Waals surface area contributed by atoms with Gasteiger partial charge in [-0.3, -0.25) is 0 Å². The first-order valence-corrected chi connectivity index (χ1v) is 7.61. The van der Waals surface area contributed by atoms with Crippen molar-refractivity contribution >= 4 is 0 Å². The smallest absolute Gasteiger partial charge is 0.161 e. The molecular formula is C17H23NO2. The van der Waals surface area contributed by atoms with Crippen molar-refractivity contribution < 1.29 is 9.47 Å². The van der Waals surface area contributed by atoms with E-state index in [2.05, 4.69) is 36.5 Å². The van der Waals surface area contributed by atoms with Gasteiger partial charge in [-0.1, -0.05) is 18.2 Å². The zero-order chi connectivity index (χ0) is 13.8. The number of fused-ring (bicyclic) bond motifs is 1. The lowest BCUT2D eigenvalue weighted by atomic mass is 9.94. The zero-order valence-corrected chi connectivity index (χ0v) is 12.1. The molecule has 1 aromatic rings. The Kier molecular flexibility index (Phi) is 4.26. The Balaban J connectivity index is 1.59. The number of nitrogens with one attached hydrogen (secondary N) is 1. The highest BCUT2D eigenvalue weighted by Crippen LogP contribution is 2.32. The molecule has 0 amide bonds. The van der Waals surface area contributed by atoms with Gasteiger partial charge in [-0.25, -0.2) is 0 Å². The monoisotopic (exact) mass is 273 g/mol. The summed E-state index contributed by atoms with van der Waals surface area (Å²) in [4.78, 5) is 0. The number of benzene rings is 1. The van der Waals surface area contributed by atoms with Crippen molar-refractivity contribution in [3.05, 3.63) is 35.9 Å². The summed E-state index contributed by atoms with van der Waals surface area (Å²) in [5.74, 6) is 2.52. The summed E-state index contributed by atoms with van der Waals surface area (Å²) in [7, 11) is 0. The summed E-state index contributed by atoms with van der Waals surface area (Å²) in [6.07, 6.45) is 8.34. The number of ether oxygens (including phenoxy) is 2. The lowest BCUT2D eigenvalue weighted by Crippen LogP contribution is -2.26. The Morgan fingerprint density at radius 3 is 2.85 bits per heavy atom. The minimum atomic E-state index is 0.344. The van der Waals surface area contributed by atoms with Crippen molar-refractivity contribution in [3.8, 4) is 11.5 Å². The van der Waals surface area contributed by atoms with Crippen LogP contribution in [0.3, 0.4) is 0 Å². The van der Waals surface area contributed by atoms with Gasteiger partial charge in [0.2, 0.25) is 0 Å². The molecule has 0 saturated carbocycles. The molecule has 3 nitrogen and oxygen atoms in total. The molecule has 1 aliphatic carbocycles. The fourth-order valence-corrected chi connectivity index (χ4v) is 2.83. The maximum Gasteiger partial charge on any atom is 0.161 e. The third-order valence-corrected chi connectivity index (χ3v) is 4.16. The predicted molar refractivity (Wildman–Crippen MR) is 80.3 cm³/mol. The van der Waals surface area contributed by atoms with E-state index in [-0.39, 0.29) is 0 Å². The largest absolute Gasteiger partial charge is 0.486 e. The van der Waals surface area contributed by atoms with Crippen molar-refractivity contribution in [2.45, 2.75) is 32.2 Å². The highest BCUT2D eigenvalue weighted by Gasteiger charge is 2.16. The quantitative estimate of drug-likeness (QED) is 0.852. The van der Waals surface area contributed by atoms with Crippen molar-refractivity contribution in [1.29, 1.82) is 0 Å². The molecule has 2 atom stereocenters. The molecule has 2 unspecified atom stereocenters. The first-order valence-electron chi connectivity index (χ1n) is 7.61. The third-order valence-electron chi connectivity index (χ3n) is 4.16. The molecule has 0 saturated heterocycles. The molecular weight excluding hydrogens is 250 g/mol. The Labute approximate surface area is 121 Å². The Morgan fingerprint density at radius 2 is 2.05 bits per heavy atom. The van der Waals surface area contributed by atoms with Crippen LogP contribution in [0.5, 0.6) is 11.5 Å². The molecule has 1 aliphatic heterocycles. The van der Waals surface area contributed by atoms with Crippen molar-refractivity contribution in [2.24, 2.45) is 5.92 Å².